The molecule has 0 saturated carbocycles. The fraction of sp³-hybridized carbons (Fsp3) is 0.222. The van der Waals surface area contributed by atoms with E-state index in [1.165, 1.54) is 0 Å². The predicted molar refractivity (Wildman–Crippen MR) is 86.5 cm³/mol. The van der Waals surface area contributed by atoms with Crippen LogP contribution in [0.4, 0.5) is 0 Å². The first-order chi connectivity index (χ1) is 11.3. The van der Waals surface area contributed by atoms with E-state index in [1.807, 2.05) is 41.8 Å². The van der Waals surface area contributed by atoms with E-state index in [9.17, 15) is 5.26 Å². The molecule has 1 aliphatic heterocycles. The van der Waals surface area contributed by atoms with Gasteiger partial charge in [0.15, 0.2) is 11.5 Å². The van der Waals surface area contributed by atoms with Gasteiger partial charge in [0.05, 0.1) is 17.1 Å². The van der Waals surface area contributed by atoms with Gasteiger partial charge in [-0.2, -0.15) is 5.26 Å². The van der Waals surface area contributed by atoms with Crippen LogP contribution in [0.15, 0.2) is 36.4 Å². The molecule has 5 heteroatoms. The van der Waals surface area contributed by atoms with Crippen LogP contribution in [-0.2, 0) is 6.54 Å². The van der Waals surface area contributed by atoms with Gasteiger partial charge in [0.2, 0.25) is 0 Å². The van der Waals surface area contributed by atoms with Crippen molar-refractivity contribution in [1.82, 2.24) is 9.55 Å². The van der Waals surface area contributed by atoms with Crippen molar-refractivity contribution in [2.24, 2.45) is 0 Å². The Hall–Kier alpha value is -3.00. The summed E-state index contributed by atoms with van der Waals surface area (Å²) in [5.41, 5.74) is 3.84. The fourth-order valence-corrected chi connectivity index (χ4v) is 2.90. The Balaban J connectivity index is 1.97. The Morgan fingerprint density at radius 3 is 2.70 bits per heavy atom. The molecule has 4 rings (SSSR count). The zero-order valence-corrected chi connectivity index (χ0v) is 12.7. The lowest BCUT2D eigenvalue weighted by Crippen LogP contribution is -2.15. The highest BCUT2D eigenvalue weighted by Gasteiger charge is 2.18. The molecule has 3 aromatic rings. The Morgan fingerprint density at radius 2 is 1.96 bits per heavy atom. The minimum Gasteiger partial charge on any atom is -0.486 e. The SMILES string of the molecule is Cc1cccc(-c2nc3cc4c(cc3n2CC#N)OCCO4)c1. The van der Waals surface area contributed by atoms with Crippen LogP contribution in [0.2, 0.25) is 0 Å². The van der Waals surface area contributed by atoms with Crippen molar-refractivity contribution in [1.29, 1.82) is 5.26 Å². The van der Waals surface area contributed by atoms with E-state index in [0.717, 1.165) is 28.0 Å². The number of benzene rings is 2. The maximum atomic E-state index is 9.21. The summed E-state index contributed by atoms with van der Waals surface area (Å²) in [6, 6.07) is 14.1. The summed E-state index contributed by atoms with van der Waals surface area (Å²) < 4.78 is 13.2. The summed E-state index contributed by atoms with van der Waals surface area (Å²) in [5, 5.41) is 9.21. The lowest BCUT2D eigenvalue weighted by atomic mass is 10.1. The first kappa shape index (κ1) is 13.6. The van der Waals surface area contributed by atoms with Crippen molar-refractivity contribution >= 4 is 11.0 Å². The van der Waals surface area contributed by atoms with Crippen LogP contribution >= 0.6 is 0 Å². The topological polar surface area (TPSA) is 60.1 Å². The molecule has 0 atom stereocenters. The van der Waals surface area contributed by atoms with Crippen LogP contribution in [0.1, 0.15) is 5.56 Å². The van der Waals surface area contributed by atoms with E-state index >= 15 is 0 Å². The van der Waals surface area contributed by atoms with Gasteiger partial charge in [-0.1, -0.05) is 23.8 Å². The normalized spacial score (nSPS) is 13.0. The maximum absolute atomic E-state index is 9.21. The van der Waals surface area contributed by atoms with Gasteiger partial charge in [0.25, 0.3) is 0 Å². The molecule has 0 radical (unpaired) electrons. The zero-order chi connectivity index (χ0) is 15.8. The molecule has 0 aliphatic carbocycles. The first-order valence-electron chi connectivity index (χ1n) is 7.50. The molecule has 0 saturated heterocycles. The van der Waals surface area contributed by atoms with E-state index in [1.54, 1.807) is 0 Å². The van der Waals surface area contributed by atoms with Crippen molar-refractivity contribution in [3.63, 3.8) is 0 Å². The minimum absolute atomic E-state index is 0.236. The number of nitriles is 1. The second-order valence-corrected chi connectivity index (χ2v) is 5.53. The molecule has 2 aromatic carbocycles. The predicted octanol–water partition coefficient (Wildman–Crippen LogP) is 3.31. The highest BCUT2D eigenvalue weighted by molar-refractivity contribution is 5.84. The summed E-state index contributed by atoms with van der Waals surface area (Å²) in [4.78, 5) is 4.73. The average Bonchev–Trinajstić information content (AvgIpc) is 2.91. The quantitative estimate of drug-likeness (QED) is 0.729. The lowest BCUT2D eigenvalue weighted by Gasteiger charge is -2.18. The fourth-order valence-electron chi connectivity index (χ4n) is 2.90. The smallest absolute Gasteiger partial charge is 0.163 e. The van der Waals surface area contributed by atoms with Gasteiger partial charge in [-0.05, 0) is 13.0 Å². The summed E-state index contributed by atoms with van der Waals surface area (Å²) in [5.74, 6) is 2.20. The maximum Gasteiger partial charge on any atom is 0.163 e. The number of nitrogens with zero attached hydrogens (tertiary/aromatic N) is 3. The van der Waals surface area contributed by atoms with Crippen LogP contribution in [-0.4, -0.2) is 22.8 Å². The Morgan fingerprint density at radius 1 is 1.17 bits per heavy atom. The molecule has 0 bridgehead atoms. The molecule has 0 fully saturated rings. The third kappa shape index (κ3) is 2.29. The number of hydrogen-bond donors (Lipinski definition) is 0. The van der Waals surface area contributed by atoms with Gasteiger partial charge < -0.3 is 14.0 Å². The summed E-state index contributed by atoms with van der Waals surface area (Å²) in [6.45, 7) is 3.36. The number of fused-ring (bicyclic) bond motifs is 2. The Kier molecular flexibility index (Phi) is 3.16. The van der Waals surface area contributed by atoms with Crippen molar-refractivity contribution in [3.05, 3.63) is 42.0 Å². The highest BCUT2D eigenvalue weighted by atomic mass is 16.6. The van der Waals surface area contributed by atoms with E-state index in [2.05, 4.69) is 12.1 Å². The standard InChI is InChI=1S/C18H15N3O2/c1-12-3-2-4-13(9-12)18-20-14-10-16-17(23-8-7-22-16)11-15(14)21(18)6-5-19/h2-4,9-11H,6-8H2,1H3. The molecule has 1 aromatic heterocycles. The van der Waals surface area contributed by atoms with E-state index in [4.69, 9.17) is 14.5 Å². The number of aromatic nitrogens is 2. The number of imidazole rings is 1. The van der Waals surface area contributed by atoms with Gasteiger partial charge in [0, 0.05) is 17.7 Å². The summed E-state index contributed by atoms with van der Waals surface area (Å²) >= 11 is 0. The third-order valence-corrected chi connectivity index (χ3v) is 3.92. The van der Waals surface area contributed by atoms with E-state index in [-0.39, 0.29) is 6.54 Å². The second kappa shape index (κ2) is 5.33. The van der Waals surface area contributed by atoms with Crippen LogP contribution in [0, 0.1) is 18.3 Å². The van der Waals surface area contributed by atoms with Crippen molar-refractivity contribution in [3.8, 4) is 29.0 Å². The Bertz CT molecular complexity index is 937. The zero-order valence-electron chi connectivity index (χ0n) is 12.7. The largest absolute Gasteiger partial charge is 0.486 e. The molecule has 1 aliphatic rings. The number of aryl methyl sites for hydroxylation is 1. The second-order valence-electron chi connectivity index (χ2n) is 5.53. The monoisotopic (exact) mass is 305 g/mol. The molecule has 0 unspecified atom stereocenters. The molecular formula is C18H15N3O2. The summed E-state index contributed by atoms with van der Waals surface area (Å²) in [7, 11) is 0. The highest BCUT2D eigenvalue weighted by Crippen LogP contribution is 2.36. The molecule has 5 nitrogen and oxygen atoms in total. The molecule has 114 valence electrons. The Labute approximate surface area is 133 Å². The van der Waals surface area contributed by atoms with Crippen LogP contribution < -0.4 is 9.47 Å². The van der Waals surface area contributed by atoms with Crippen LogP contribution in [0.5, 0.6) is 11.5 Å². The minimum atomic E-state index is 0.236. The third-order valence-electron chi connectivity index (χ3n) is 3.92. The van der Waals surface area contributed by atoms with Crippen molar-refractivity contribution in [2.45, 2.75) is 13.5 Å². The molecule has 0 amide bonds. The van der Waals surface area contributed by atoms with Crippen molar-refractivity contribution < 1.29 is 9.47 Å². The summed E-state index contributed by atoms with van der Waals surface area (Å²) in [6.07, 6.45) is 0. The molecule has 0 spiro atoms. The van der Waals surface area contributed by atoms with Crippen LogP contribution in [0.25, 0.3) is 22.4 Å². The van der Waals surface area contributed by atoms with Gasteiger partial charge in [-0.15, -0.1) is 0 Å². The average molecular weight is 305 g/mol. The lowest BCUT2D eigenvalue weighted by molar-refractivity contribution is 0.172. The molecular weight excluding hydrogens is 290 g/mol. The number of ether oxygens (including phenoxy) is 2. The number of rotatable bonds is 2. The van der Waals surface area contributed by atoms with Gasteiger partial charge in [0.1, 0.15) is 25.6 Å². The number of hydrogen-bond acceptors (Lipinski definition) is 4. The van der Waals surface area contributed by atoms with Gasteiger partial charge >= 0.3 is 0 Å². The first-order valence-corrected chi connectivity index (χ1v) is 7.50. The van der Waals surface area contributed by atoms with E-state index in [0.29, 0.717) is 24.7 Å². The van der Waals surface area contributed by atoms with Gasteiger partial charge in [-0.3, -0.25) is 0 Å². The van der Waals surface area contributed by atoms with Gasteiger partial charge in [-0.25, -0.2) is 4.98 Å². The molecule has 0 N–H and O–H groups in total. The molecule has 23 heavy (non-hydrogen) atoms. The van der Waals surface area contributed by atoms with Crippen LogP contribution in [0.3, 0.4) is 0 Å². The molecule has 2 heterocycles. The van der Waals surface area contributed by atoms with E-state index < -0.39 is 0 Å². The van der Waals surface area contributed by atoms with Crippen molar-refractivity contribution in [2.75, 3.05) is 13.2 Å².